The Morgan fingerprint density at radius 2 is 1.16 bits per heavy atom. The normalized spacial score (nSPS) is 34.2. The van der Waals surface area contributed by atoms with Gasteiger partial charge in [0, 0.05) is 105 Å². The fourth-order valence-electron chi connectivity index (χ4n) is 11.8. The van der Waals surface area contributed by atoms with Crippen LogP contribution in [-0.4, -0.2) is 106 Å². The minimum Gasteiger partial charge on any atom is -0.481 e. The molecule has 1 saturated heterocycles. The van der Waals surface area contributed by atoms with Crippen molar-refractivity contribution in [3.05, 3.63) is 34.3 Å². The number of aliphatic carboxylic acids is 7. The van der Waals surface area contributed by atoms with Crippen molar-refractivity contribution in [3.63, 3.8) is 0 Å². The molecule has 0 aromatic carbocycles. The second-order valence-corrected chi connectivity index (χ2v) is 19.5. The van der Waals surface area contributed by atoms with Crippen LogP contribution in [0.15, 0.2) is 49.3 Å². The monoisotopic (exact) mass is 880 g/mol. The summed E-state index contributed by atoms with van der Waals surface area (Å²) in [5.74, 6) is -11.5. The molecule has 0 unspecified atom stereocenters. The number of allylic oxidation sites excluding steroid dienone is 6. The second-order valence-electron chi connectivity index (χ2n) is 19.5. The van der Waals surface area contributed by atoms with Crippen LogP contribution in [0.5, 0.6) is 0 Å². The highest BCUT2D eigenvalue weighted by molar-refractivity contribution is 6.10. The third-order valence-corrected chi connectivity index (χ3v) is 15.3. The number of hydrogen-bond acceptors (Lipinski definition) is 11. The third kappa shape index (κ3) is 8.56. The van der Waals surface area contributed by atoms with E-state index in [0.717, 1.165) is 0 Å². The van der Waals surface area contributed by atoms with Crippen LogP contribution in [0.25, 0.3) is 0 Å². The van der Waals surface area contributed by atoms with Gasteiger partial charge in [-0.15, -0.1) is 0 Å². The maximum atomic E-state index is 13.1. The van der Waals surface area contributed by atoms with E-state index >= 15 is 0 Å². The molecule has 18 nitrogen and oxygen atoms in total. The molecule has 0 radical (unpaired) electrons. The lowest BCUT2D eigenvalue weighted by Gasteiger charge is -2.48. The number of fused-ring (bicyclic) bond motifs is 6. The Morgan fingerprint density at radius 3 is 1.67 bits per heavy atom. The Hall–Kier alpha value is -5.68. The number of carboxylic acid groups (broad SMARTS) is 7. The van der Waals surface area contributed by atoms with Gasteiger partial charge in [0.25, 0.3) is 0 Å². The highest BCUT2D eigenvalue weighted by Gasteiger charge is 2.66. The van der Waals surface area contributed by atoms with E-state index in [-0.39, 0.29) is 44.2 Å². The molecule has 8 N–H and O–H groups in total. The number of nitrogens with zero attached hydrogens (tertiary/aromatic N) is 3. The molecular weight excluding hydrogens is 821 g/mol. The highest BCUT2D eigenvalue weighted by atomic mass is 16.4. The molecule has 5 heterocycles. The fourth-order valence-corrected chi connectivity index (χ4v) is 11.8. The molecule has 5 aliphatic heterocycles. The molecule has 5 aliphatic rings. The molecule has 0 aromatic heterocycles. The van der Waals surface area contributed by atoms with E-state index in [1.165, 1.54) is 0 Å². The van der Waals surface area contributed by atoms with Gasteiger partial charge >= 0.3 is 41.8 Å². The Balaban J connectivity index is 2.03. The van der Waals surface area contributed by atoms with Gasteiger partial charge in [-0.25, -0.2) is 0 Å². The number of aliphatic imine (C=N–C) groups is 3. The summed E-state index contributed by atoms with van der Waals surface area (Å²) in [6, 6.07) is -1.15. The zero-order chi connectivity index (χ0) is 47.4. The first kappa shape index (κ1) is 48.4. The van der Waals surface area contributed by atoms with Crippen molar-refractivity contribution in [2.45, 2.75) is 138 Å². The average molecular weight is 881 g/mol. The lowest BCUT2D eigenvalue weighted by Crippen LogP contribution is -2.55. The number of hydrogen-bond donors (Lipinski definition) is 8. The molecular formula is C45H60N4O14. The van der Waals surface area contributed by atoms with E-state index in [9.17, 15) is 69.3 Å². The Labute approximate surface area is 365 Å². The van der Waals surface area contributed by atoms with Gasteiger partial charge in [-0.2, -0.15) is 0 Å². The summed E-state index contributed by atoms with van der Waals surface area (Å²) in [4.78, 5) is 104. The first-order chi connectivity index (χ1) is 29.0. The first-order valence-electron chi connectivity index (χ1n) is 21.3. The van der Waals surface area contributed by atoms with Gasteiger partial charge in [-0.3, -0.25) is 48.5 Å². The van der Waals surface area contributed by atoms with Gasteiger partial charge in [0.2, 0.25) is 0 Å². The maximum absolute atomic E-state index is 13.1. The van der Waals surface area contributed by atoms with E-state index in [2.05, 4.69) is 5.32 Å². The molecule has 9 atom stereocenters. The lowest BCUT2D eigenvalue weighted by atomic mass is 9.55. The third-order valence-electron chi connectivity index (χ3n) is 15.3. The summed E-state index contributed by atoms with van der Waals surface area (Å²) in [7, 11) is 0. The minimum absolute atomic E-state index is 0.0202. The van der Waals surface area contributed by atoms with Crippen LogP contribution in [0.1, 0.15) is 126 Å². The zero-order valence-electron chi connectivity index (χ0n) is 37.1. The predicted molar refractivity (Wildman–Crippen MR) is 227 cm³/mol. The van der Waals surface area contributed by atoms with Gasteiger partial charge in [-0.1, -0.05) is 34.6 Å². The van der Waals surface area contributed by atoms with Crippen LogP contribution < -0.4 is 5.32 Å². The first-order valence-corrected chi connectivity index (χ1v) is 21.3. The second kappa shape index (κ2) is 17.1. The lowest BCUT2D eigenvalue weighted by molar-refractivity contribution is -0.143. The quantitative estimate of drug-likeness (QED) is 0.0792. The predicted octanol–water partition coefficient (Wildman–Crippen LogP) is 5.92. The molecule has 5 rings (SSSR count). The van der Waals surface area contributed by atoms with Gasteiger partial charge in [0.05, 0.1) is 30.8 Å². The van der Waals surface area contributed by atoms with Crippen molar-refractivity contribution in [2.75, 3.05) is 0 Å². The van der Waals surface area contributed by atoms with Crippen LogP contribution in [0.3, 0.4) is 0 Å². The van der Waals surface area contributed by atoms with Crippen LogP contribution in [0, 0.1) is 45.3 Å². The van der Waals surface area contributed by atoms with Crippen LogP contribution in [0.2, 0.25) is 0 Å². The van der Waals surface area contributed by atoms with Crippen molar-refractivity contribution in [1.29, 1.82) is 0 Å². The summed E-state index contributed by atoms with van der Waals surface area (Å²) >= 11 is 0. The summed E-state index contributed by atoms with van der Waals surface area (Å²) in [6.07, 6.45) is -1.45. The number of carbonyl (C=O) groups is 7. The van der Waals surface area contributed by atoms with Gasteiger partial charge in [0.1, 0.15) is 0 Å². The van der Waals surface area contributed by atoms with E-state index in [1.807, 2.05) is 13.8 Å². The molecule has 344 valence electrons. The van der Waals surface area contributed by atoms with Crippen molar-refractivity contribution in [2.24, 2.45) is 60.3 Å². The highest BCUT2D eigenvalue weighted by Crippen LogP contribution is 2.62. The summed E-state index contributed by atoms with van der Waals surface area (Å²) < 4.78 is 0. The smallest absolute Gasteiger partial charge is 0.304 e. The topological polar surface area (TPSA) is 310 Å². The summed E-state index contributed by atoms with van der Waals surface area (Å²) in [6.45, 7) is 13.9. The van der Waals surface area contributed by atoms with Crippen molar-refractivity contribution < 1.29 is 69.3 Å². The van der Waals surface area contributed by atoms with Crippen LogP contribution >= 0.6 is 0 Å². The van der Waals surface area contributed by atoms with Gasteiger partial charge in [0.15, 0.2) is 0 Å². The number of nitrogens with one attached hydrogen (secondary N) is 1. The van der Waals surface area contributed by atoms with Crippen molar-refractivity contribution in [1.82, 2.24) is 5.32 Å². The molecule has 1 fully saturated rings. The van der Waals surface area contributed by atoms with E-state index < -0.39 is 131 Å². The van der Waals surface area contributed by atoms with Gasteiger partial charge in [-0.05, 0) is 63.7 Å². The number of rotatable bonds is 18. The molecule has 8 bridgehead atoms. The minimum atomic E-state index is -1.63. The molecule has 0 aliphatic carbocycles. The standard InChI is InChI=1S/C45H60N4O14/c1-21-36-24(10-13-30(52)53)41(3,4)28(47-36)18-27-23(9-12-29(50)51)43(6,19-34(60)61)39(46-27)22(2)37-25(11-14-31(54)55)44(7,20-35(62)63)45(8,49-37)40-26(17-33(58)59)42(5,38(21)48-40)16-15-32(56)57/h18,23-26,40,46H,9-17,19-20H2,1-8H3,(H,50,51)(H,52,53)(H,54,55)(H,56,57)(H,58,59)(H,60,61)(H,62,63)/b27-18?,36-21?,39-22-/t23-,24-,25-,26+,40-,42-,43+,44+,45+/m1/s1. The van der Waals surface area contributed by atoms with E-state index in [1.54, 1.807) is 47.6 Å². The molecule has 0 saturated carbocycles. The van der Waals surface area contributed by atoms with Crippen LogP contribution in [0.4, 0.5) is 0 Å². The van der Waals surface area contributed by atoms with E-state index in [0.29, 0.717) is 39.7 Å². The Kier molecular flexibility index (Phi) is 13.1. The SMILES string of the molecule is CC1=C2N=C(C=C3N/C(=C(/C)C4=N[C@@](C)([C@@H]5N=C1[C@](C)(CCC(=O)O)[C@H]5CC(=O)O)[C@@](C)(CC(=O)O)[C@@H]4CCC(=O)O)[C@@](C)(CC(=O)O)[C@@H]3CCC(=O)O)C(C)(C)[C@@H]2CCC(=O)O. The molecule has 63 heavy (non-hydrogen) atoms. The molecule has 0 spiro atoms. The molecule has 0 aromatic rings. The molecule has 0 amide bonds. The average Bonchev–Trinajstić information content (AvgIpc) is 3.75. The summed E-state index contributed by atoms with van der Waals surface area (Å²) in [5, 5.41) is 75.1. The Bertz CT molecular complexity index is 2220. The maximum Gasteiger partial charge on any atom is 0.304 e. The largest absolute Gasteiger partial charge is 0.481 e. The molecule has 18 heteroatoms. The summed E-state index contributed by atoms with van der Waals surface area (Å²) in [5.41, 5.74) is -3.60. The zero-order valence-corrected chi connectivity index (χ0v) is 37.1. The Morgan fingerprint density at radius 1 is 0.635 bits per heavy atom. The van der Waals surface area contributed by atoms with Crippen molar-refractivity contribution >= 4 is 58.9 Å². The number of carboxylic acids is 7. The van der Waals surface area contributed by atoms with Crippen molar-refractivity contribution in [3.8, 4) is 0 Å². The van der Waals surface area contributed by atoms with Gasteiger partial charge < -0.3 is 41.1 Å². The van der Waals surface area contributed by atoms with Crippen LogP contribution in [-0.2, 0) is 33.6 Å². The fraction of sp³-hybridized carbons (Fsp3) is 0.644. The van der Waals surface area contributed by atoms with E-state index in [4.69, 9.17) is 15.0 Å².